The monoisotopic (exact) mass is 434 g/mol. The number of aromatic nitrogens is 3. The van der Waals surface area contributed by atoms with Gasteiger partial charge >= 0.3 is 0 Å². The van der Waals surface area contributed by atoms with Crippen LogP contribution in [0.15, 0.2) is 47.5 Å². The van der Waals surface area contributed by atoms with Gasteiger partial charge in [0.1, 0.15) is 12.4 Å². The summed E-state index contributed by atoms with van der Waals surface area (Å²) in [5.74, 6) is 1.73. The van der Waals surface area contributed by atoms with Crippen molar-refractivity contribution in [2.24, 2.45) is 4.99 Å². The zero-order valence-electron chi connectivity index (χ0n) is 12.3. The van der Waals surface area contributed by atoms with Gasteiger partial charge in [0, 0.05) is 19.7 Å². The van der Waals surface area contributed by atoms with Gasteiger partial charge in [-0.05, 0) is 59.8 Å². The number of rotatable bonds is 1. The maximum absolute atomic E-state index is 6.02. The molecule has 0 saturated heterocycles. The van der Waals surface area contributed by atoms with E-state index >= 15 is 0 Å². The second-order valence-corrected chi connectivity index (χ2v) is 7.01. The molecule has 0 unspecified atom stereocenters. The SMILES string of the molecule is Cc1nnc2n1-c1ccc(I)cc1C(c1ccc(Cl)cc1)=NC2. The molecule has 3 aromatic rings. The summed E-state index contributed by atoms with van der Waals surface area (Å²) < 4.78 is 3.25. The molecule has 0 aliphatic carbocycles. The summed E-state index contributed by atoms with van der Waals surface area (Å²) >= 11 is 8.34. The molecule has 1 aliphatic rings. The Morgan fingerprint density at radius 2 is 1.87 bits per heavy atom. The highest BCUT2D eigenvalue weighted by Crippen LogP contribution is 2.27. The van der Waals surface area contributed by atoms with Crippen LogP contribution in [0.3, 0.4) is 0 Å². The van der Waals surface area contributed by atoms with Crippen LogP contribution in [0.2, 0.25) is 5.02 Å². The predicted molar refractivity (Wildman–Crippen MR) is 99.6 cm³/mol. The maximum Gasteiger partial charge on any atom is 0.159 e. The third-order valence-electron chi connectivity index (χ3n) is 3.84. The Bertz CT molecular complexity index is 928. The van der Waals surface area contributed by atoms with Gasteiger partial charge in [-0.3, -0.25) is 9.56 Å². The first kappa shape index (κ1) is 14.8. The Morgan fingerprint density at radius 1 is 1.09 bits per heavy atom. The van der Waals surface area contributed by atoms with Gasteiger partial charge in [-0.1, -0.05) is 23.7 Å². The zero-order chi connectivity index (χ0) is 16.0. The summed E-state index contributed by atoms with van der Waals surface area (Å²) in [6, 6.07) is 14.1. The molecule has 6 heteroatoms. The maximum atomic E-state index is 6.02. The molecule has 0 N–H and O–H groups in total. The first-order valence-corrected chi connectivity index (χ1v) is 8.61. The topological polar surface area (TPSA) is 43.1 Å². The van der Waals surface area contributed by atoms with E-state index in [0.717, 1.165) is 42.8 Å². The van der Waals surface area contributed by atoms with Crippen LogP contribution >= 0.6 is 34.2 Å². The van der Waals surface area contributed by atoms with Gasteiger partial charge in [-0.15, -0.1) is 10.2 Å². The number of aryl methyl sites for hydroxylation is 1. The minimum Gasteiger partial charge on any atom is -0.281 e. The Balaban J connectivity index is 1.98. The summed E-state index contributed by atoms with van der Waals surface area (Å²) in [5, 5.41) is 9.18. The van der Waals surface area contributed by atoms with Crippen LogP contribution in [0, 0.1) is 10.5 Å². The van der Waals surface area contributed by atoms with E-state index < -0.39 is 0 Å². The highest BCUT2D eigenvalue weighted by Gasteiger charge is 2.21. The molecule has 0 saturated carbocycles. The number of aliphatic imine (C=N–C) groups is 1. The van der Waals surface area contributed by atoms with Gasteiger partial charge in [0.05, 0.1) is 11.4 Å². The van der Waals surface area contributed by atoms with Crippen molar-refractivity contribution in [3.05, 3.63) is 73.8 Å². The van der Waals surface area contributed by atoms with Crippen molar-refractivity contribution in [2.45, 2.75) is 13.5 Å². The molecule has 114 valence electrons. The van der Waals surface area contributed by atoms with E-state index in [0.29, 0.717) is 6.54 Å². The molecule has 23 heavy (non-hydrogen) atoms. The van der Waals surface area contributed by atoms with Crippen molar-refractivity contribution in [1.82, 2.24) is 14.8 Å². The summed E-state index contributed by atoms with van der Waals surface area (Å²) in [4.78, 5) is 4.81. The molecule has 4 nitrogen and oxygen atoms in total. The van der Waals surface area contributed by atoms with Crippen LogP contribution < -0.4 is 0 Å². The van der Waals surface area contributed by atoms with Crippen molar-refractivity contribution < 1.29 is 0 Å². The molecule has 0 bridgehead atoms. The van der Waals surface area contributed by atoms with Crippen LogP contribution in [0.4, 0.5) is 0 Å². The predicted octanol–water partition coefficient (Wildman–Crippen LogP) is 4.18. The first-order valence-electron chi connectivity index (χ1n) is 7.15. The largest absolute Gasteiger partial charge is 0.281 e. The van der Waals surface area contributed by atoms with Crippen LogP contribution in [0.5, 0.6) is 0 Å². The average molecular weight is 435 g/mol. The van der Waals surface area contributed by atoms with E-state index in [1.165, 1.54) is 0 Å². The Labute approximate surface area is 152 Å². The van der Waals surface area contributed by atoms with Crippen LogP contribution in [0.1, 0.15) is 22.8 Å². The third-order valence-corrected chi connectivity index (χ3v) is 4.77. The Kier molecular flexibility index (Phi) is 3.69. The molecule has 1 aromatic heterocycles. The van der Waals surface area contributed by atoms with Gasteiger partial charge in [-0.25, -0.2) is 0 Å². The lowest BCUT2D eigenvalue weighted by molar-refractivity contribution is 0.861. The van der Waals surface area contributed by atoms with E-state index in [1.54, 1.807) is 0 Å². The average Bonchev–Trinajstić information content (AvgIpc) is 2.82. The number of nitrogens with zero attached hydrogens (tertiary/aromatic N) is 4. The lowest BCUT2D eigenvalue weighted by Gasteiger charge is -2.13. The van der Waals surface area contributed by atoms with Gasteiger partial charge < -0.3 is 0 Å². The fourth-order valence-corrected chi connectivity index (χ4v) is 3.42. The minimum atomic E-state index is 0.504. The number of hydrogen-bond acceptors (Lipinski definition) is 3. The molecule has 4 rings (SSSR count). The van der Waals surface area contributed by atoms with Crippen LogP contribution in [-0.4, -0.2) is 20.5 Å². The van der Waals surface area contributed by atoms with Gasteiger partial charge in [0.15, 0.2) is 5.82 Å². The van der Waals surface area contributed by atoms with E-state index in [2.05, 4.69) is 55.6 Å². The molecule has 0 spiro atoms. The van der Waals surface area contributed by atoms with Crippen molar-refractivity contribution in [2.75, 3.05) is 0 Å². The quantitative estimate of drug-likeness (QED) is 0.539. The van der Waals surface area contributed by atoms with Gasteiger partial charge in [0.2, 0.25) is 0 Å². The van der Waals surface area contributed by atoms with Crippen molar-refractivity contribution >= 4 is 39.9 Å². The van der Waals surface area contributed by atoms with Crippen molar-refractivity contribution in [3.63, 3.8) is 0 Å². The van der Waals surface area contributed by atoms with Gasteiger partial charge in [-0.2, -0.15) is 0 Å². The molecular formula is C17H12ClIN4. The van der Waals surface area contributed by atoms with E-state index in [1.807, 2.05) is 31.2 Å². The fourth-order valence-electron chi connectivity index (χ4n) is 2.80. The second-order valence-electron chi connectivity index (χ2n) is 5.33. The first-order chi connectivity index (χ1) is 11.1. The van der Waals surface area contributed by atoms with E-state index in [-0.39, 0.29) is 0 Å². The van der Waals surface area contributed by atoms with Crippen LogP contribution in [-0.2, 0) is 6.54 Å². The smallest absolute Gasteiger partial charge is 0.159 e. The highest BCUT2D eigenvalue weighted by atomic mass is 127. The minimum absolute atomic E-state index is 0.504. The molecule has 2 aromatic carbocycles. The molecule has 0 fully saturated rings. The molecule has 0 radical (unpaired) electrons. The summed E-state index contributed by atoms with van der Waals surface area (Å²) in [6.45, 7) is 2.47. The fraction of sp³-hybridized carbons (Fsp3) is 0.118. The van der Waals surface area contributed by atoms with E-state index in [4.69, 9.17) is 16.6 Å². The molecule has 2 heterocycles. The molecular weight excluding hydrogens is 423 g/mol. The Morgan fingerprint density at radius 3 is 2.65 bits per heavy atom. The summed E-state index contributed by atoms with van der Waals surface area (Å²) in [7, 11) is 0. The number of halogens is 2. The third kappa shape index (κ3) is 2.57. The number of fused-ring (bicyclic) bond motifs is 3. The molecule has 0 atom stereocenters. The lowest BCUT2D eigenvalue weighted by Crippen LogP contribution is -2.08. The van der Waals surface area contributed by atoms with Crippen molar-refractivity contribution in [1.29, 1.82) is 0 Å². The number of benzene rings is 2. The summed E-state index contributed by atoms with van der Waals surface area (Å²) in [5.41, 5.74) is 4.16. The van der Waals surface area contributed by atoms with Crippen molar-refractivity contribution in [3.8, 4) is 5.69 Å². The van der Waals surface area contributed by atoms with Crippen LogP contribution in [0.25, 0.3) is 5.69 Å². The lowest BCUT2D eigenvalue weighted by atomic mass is 10.0. The molecule has 1 aliphatic heterocycles. The van der Waals surface area contributed by atoms with Gasteiger partial charge in [0.25, 0.3) is 0 Å². The number of hydrogen-bond donors (Lipinski definition) is 0. The normalized spacial score (nSPS) is 13.1. The van der Waals surface area contributed by atoms with E-state index in [9.17, 15) is 0 Å². The zero-order valence-corrected chi connectivity index (χ0v) is 15.2. The Hall–Kier alpha value is -1.73. The molecule has 0 amide bonds. The highest BCUT2D eigenvalue weighted by molar-refractivity contribution is 14.1. The second kappa shape index (κ2) is 5.72. The standard InChI is InChI=1S/C17H12ClIN4/c1-10-21-22-16-9-20-17(11-2-4-12(18)5-3-11)14-8-13(19)6-7-15(14)23(10)16/h2-8H,9H2,1H3. The summed E-state index contributed by atoms with van der Waals surface area (Å²) in [6.07, 6.45) is 0.